The second-order valence-electron chi connectivity index (χ2n) is 3.45. The highest BCUT2D eigenvalue weighted by Gasteiger charge is 2.45. The van der Waals surface area contributed by atoms with Crippen LogP contribution in [0.3, 0.4) is 0 Å². The summed E-state index contributed by atoms with van der Waals surface area (Å²) in [7, 11) is 0. The van der Waals surface area contributed by atoms with E-state index in [1.54, 1.807) is 11.8 Å². The molecule has 0 atom stereocenters. The third-order valence-electron chi connectivity index (χ3n) is 2.55. The fourth-order valence-corrected chi connectivity index (χ4v) is 3.17. The van der Waals surface area contributed by atoms with Gasteiger partial charge in [0.15, 0.2) is 0 Å². The summed E-state index contributed by atoms with van der Waals surface area (Å²) in [5.41, 5.74) is 6.05. The molecular formula is C10H10BrNOS. The zero-order valence-corrected chi connectivity index (χ0v) is 9.90. The molecular weight excluding hydrogens is 262 g/mol. The Morgan fingerprint density at radius 3 is 2.64 bits per heavy atom. The number of hydrogen-bond acceptors (Lipinski definition) is 2. The molecule has 0 aromatic heterocycles. The van der Waals surface area contributed by atoms with Gasteiger partial charge in [0, 0.05) is 16.0 Å². The van der Waals surface area contributed by atoms with Gasteiger partial charge >= 0.3 is 0 Å². The molecule has 1 aromatic carbocycles. The predicted octanol–water partition coefficient (Wildman–Crippen LogP) is 1.92. The lowest BCUT2D eigenvalue weighted by Gasteiger charge is -2.38. The van der Waals surface area contributed by atoms with Crippen LogP contribution >= 0.6 is 27.7 Å². The number of amides is 1. The summed E-state index contributed by atoms with van der Waals surface area (Å²) in [5, 5.41) is 0. The van der Waals surface area contributed by atoms with Crippen LogP contribution in [0.1, 0.15) is 5.56 Å². The molecule has 2 nitrogen and oxygen atoms in total. The highest BCUT2D eigenvalue weighted by molar-refractivity contribution is 9.10. The van der Waals surface area contributed by atoms with Gasteiger partial charge in [-0.15, -0.1) is 0 Å². The minimum Gasteiger partial charge on any atom is -0.369 e. The maximum Gasteiger partial charge on any atom is 0.229 e. The highest BCUT2D eigenvalue weighted by Crippen LogP contribution is 2.41. The molecule has 1 aliphatic rings. The average Bonchev–Trinajstić information content (AvgIpc) is 2.00. The van der Waals surface area contributed by atoms with Gasteiger partial charge in [0.25, 0.3) is 0 Å². The van der Waals surface area contributed by atoms with Gasteiger partial charge in [0.1, 0.15) is 0 Å². The molecule has 0 radical (unpaired) electrons. The summed E-state index contributed by atoms with van der Waals surface area (Å²) in [5.74, 6) is 1.40. The fraction of sp³-hybridized carbons (Fsp3) is 0.300. The molecule has 0 unspecified atom stereocenters. The second kappa shape index (κ2) is 3.59. The van der Waals surface area contributed by atoms with Crippen molar-refractivity contribution < 1.29 is 4.79 Å². The maximum absolute atomic E-state index is 11.4. The smallest absolute Gasteiger partial charge is 0.229 e. The van der Waals surface area contributed by atoms with Gasteiger partial charge in [-0.2, -0.15) is 11.8 Å². The number of nitrogens with two attached hydrogens (primary N) is 1. The molecule has 4 heteroatoms. The SMILES string of the molecule is NC(=O)C1(c2cccc(Br)c2)CSC1. The first-order chi connectivity index (χ1) is 6.65. The lowest BCUT2D eigenvalue weighted by atomic mass is 9.82. The Balaban J connectivity index is 2.42. The van der Waals surface area contributed by atoms with Crippen LogP contribution < -0.4 is 5.73 Å². The number of rotatable bonds is 2. The normalized spacial score (nSPS) is 18.6. The molecule has 14 heavy (non-hydrogen) atoms. The van der Waals surface area contributed by atoms with E-state index in [-0.39, 0.29) is 5.91 Å². The van der Waals surface area contributed by atoms with Crippen LogP contribution in [0.4, 0.5) is 0 Å². The minimum atomic E-state index is -0.422. The molecule has 0 aliphatic carbocycles. The van der Waals surface area contributed by atoms with Crippen LogP contribution in [0.2, 0.25) is 0 Å². The Kier molecular flexibility index (Phi) is 2.58. The first-order valence-corrected chi connectivity index (χ1v) is 6.24. The summed E-state index contributed by atoms with van der Waals surface area (Å²) >= 11 is 5.15. The summed E-state index contributed by atoms with van der Waals surface area (Å²) in [6, 6.07) is 7.83. The van der Waals surface area contributed by atoms with Crippen molar-refractivity contribution in [1.29, 1.82) is 0 Å². The standard InChI is InChI=1S/C10H10BrNOS/c11-8-3-1-2-7(4-8)10(9(12)13)5-14-6-10/h1-4H,5-6H2,(H2,12,13). The molecule has 1 saturated heterocycles. The van der Waals surface area contributed by atoms with Gasteiger partial charge < -0.3 is 5.73 Å². The van der Waals surface area contributed by atoms with Crippen molar-refractivity contribution in [2.75, 3.05) is 11.5 Å². The van der Waals surface area contributed by atoms with Crippen molar-refractivity contribution in [3.63, 3.8) is 0 Å². The summed E-state index contributed by atoms with van der Waals surface area (Å²) in [6.07, 6.45) is 0. The van der Waals surface area contributed by atoms with Crippen molar-refractivity contribution in [3.8, 4) is 0 Å². The third-order valence-corrected chi connectivity index (χ3v) is 4.43. The first kappa shape index (κ1) is 10.1. The zero-order valence-electron chi connectivity index (χ0n) is 7.50. The summed E-state index contributed by atoms with van der Waals surface area (Å²) in [6.45, 7) is 0. The third kappa shape index (κ3) is 1.46. The van der Waals surface area contributed by atoms with E-state index in [0.29, 0.717) is 0 Å². The Bertz CT molecular complexity index is 376. The Labute approximate surface area is 95.4 Å². The molecule has 0 spiro atoms. The Morgan fingerprint density at radius 2 is 2.21 bits per heavy atom. The number of carbonyl (C=O) groups excluding carboxylic acids is 1. The highest BCUT2D eigenvalue weighted by atomic mass is 79.9. The summed E-state index contributed by atoms with van der Waals surface area (Å²) in [4.78, 5) is 11.4. The minimum absolute atomic E-state index is 0.214. The Hall–Kier alpha value is -0.480. The van der Waals surface area contributed by atoms with Gasteiger partial charge in [0.2, 0.25) is 5.91 Å². The molecule has 2 rings (SSSR count). The van der Waals surface area contributed by atoms with Crippen molar-refractivity contribution in [2.24, 2.45) is 5.73 Å². The number of benzene rings is 1. The van der Waals surface area contributed by atoms with E-state index >= 15 is 0 Å². The fourth-order valence-electron chi connectivity index (χ4n) is 1.54. The topological polar surface area (TPSA) is 43.1 Å². The predicted molar refractivity (Wildman–Crippen MR) is 62.3 cm³/mol. The lowest BCUT2D eigenvalue weighted by molar-refractivity contribution is -0.122. The van der Waals surface area contributed by atoms with Crippen LogP contribution in [0.15, 0.2) is 28.7 Å². The molecule has 74 valence electrons. The molecule has 1 aromatic rings. The van der Waals surface area contributed by atoms with E-state index in [1.807, 2.05) is 24.3 Å². The van der Waals surface area contributed by atoms with Crippen LogP contribution in [-0.4, -0.2) is 17.4 Å². The van der Waals surface area contributed by atoms with Crippen LogP contribution in [0.25, 0.3) is 0 Å². The van der Waals surface area contributed by atoms with Crippen LogP contribution in [0, 0.1) is 0 Å². The molecule has 1 aliphatic heterocycles. The molecule has 1 amide bonds. The molecule has 1 heterocycles. The zero-order chi connectivity index (χ0) is 10.2. The van der Waals surface area contributed by atoms with Crippen LogP contribution in [-0.2, 0) is 10.2 Å². The van der Waals surface area contributed by atoms with Gasteiger partial charge in [-0.3, -0.25) is 4.79 Å². The van der Waals surface area contributed by atoms with Gasteiger partial charge in [-0.25, -0.2) is 0 Å². The molecule has 1 fully saturated rings. The first-order valence-electron chi connectivity index (χ1n) is 4.29. The van der Waals surface area contributed by atoms with E-state index in [2.05, 4.69) is 15.9 Å². The van der Waals surface area contributed by atoms with E-state index in [9.17, 15) is 4.79 Å². The van der Waals surface area contributed by atoms with Gasteiger partial charge in [0.05, 0.1) is 5.41 Å². The monoisotopic (exact) mass is 271 g/mol. The van der Waals surface area contributed by atoms with E-state index in [0.717, 1.165) is 21.5 Å². The largest absolute Gasteiger partial charge is 0.369 e. The number of carbonyl (C=O) groups is 1. The quantitative estimate of drug-likeness (QED) is 0.893. The van der Waals surface area contributed by atoms with Crippen molar-refractivity contribution in [1.82, 2.24) is 0 Å². The van der Waals surface area contributed by atoms with Gasteiger partial charge in [-0.1, -0.05) is 28.1 Å². The molecule has 0 bridgehead atoms. The number of halogens is 1. The lowest BCUT2D eigenvalue weighted by Crippen LogP contribution is -2.51. The van der Waals surface area contributed by atoms with E-state index in [1.165, 1.54) is 0 Å². The maximum atomic E-state index is 11.4. The van der Waals surface area contributed by atoms with Crippen LogP contribution in [0.5, 0.6) is 0 Å². The van der Waals surface area contributed by atoms with Gasteiger partial charge in [-0.05, 0) is 17.7 Å². The Morgan fingerprint density at radius 1 is 1.50 bits per heavy atom. The number of thioether (sulfide) groups is 1. The van der Waals surface area contributed by atoms with Crippen molar-refractivity contribution in [3.05, 3.63) is 34.3 Å². The second-order valence-corrected chi connectivity index (χ2v) is 5.35. The van der Waals surface area contributed by atoms with E-state index in [4.69, 9.17) is 5.73 Å². The molecule has 2 N–H and O–H groups in total. The molecule has 0 saturated carbocycles. The average molecular weight is 272 g/mol. The number of hydrogen-bond donors (Lipinski definition) is 1. The van der Waals surface area contributed by atoms with Crippen molar-refractivity contribution in [2.45, 2.75) is 5.41 Å². The van der Waals surface area contributed by atoms with E-state index < -0.39 is 5.41 Å². The summed E-state index contributed by atoms with van der Waals surface area (Å²) < 4.78 is 0.993. The number of primary amides is 1. The van der Waals surface area contributed by atoms with Crippen molar-refractivity contribution >= 4 is 33.6 Å².